The van der Waals surface area contributed by atoms with Gasteiger partial charge in [0.05, 0.1) is 5.69 Å². The molecule has 1 aliphatic rings. The summed E-state index contributed by atoms with van der Waals surface area (Å²) in [6.07, 6.45) is 4.54. The molecule has 0 atom stereocenters. The summed E-state index contributed by atoms with van der Waals surface area (Å²) in [7, 11) is 0. The Kier molecular flexibility index (Phi) is 6.26. The molecular formula is C14H21Br2N3. The van der Waals surface area contributed by atoms with Crippen LogP contribution in [0.25, 0.3) is 0 Å². The summed E-state index contributed by atoms with van der Waals surface area (Å²) in [5.41, 5.74) is 1.07. The number of aromatic nitrogens is 1. The lowest BCUT2D eigenvalue weighted by molar-refractivity contribution is 0.193. The first-order chi connectivity index (χ1) is 9.15. The predicted molar refractivity (Wildman–Crippen MR) is 86.2 cm³/mol. The zero-order chi connectivity index (χ0) is 13.7. The minimum atomic E-state index is 0.818. The van der Waals surface area contributed by atoms with Crippen molar-refractivity contribution in [2.24, 2.45) is 5.92 Å². The van der Waals surface area contributed by atoms with Crippen molar-refractivity contribution in [2.75, 3.05) is 26.2 Å². The van der Waals surface area contributed by atoms with E-state index in [2.05, 4.69) is 54.0 Å². The maximum atomic E-state index is 4.40. The lowest BCUT2D eigenvalue weighted by Gasteiger charge is -2.30. The topological polar surface area (TPSA) is 28.2 Å². The number of nitrogens with zero attached hydrogens (tertiary/aromatic N) is 2. The van der Waals surface area contributed by atoms with Crippen LogP contribution in [-0.2, 0) is 6.54 Å². The Morgan fingerprint density at radius 3 is 2.79 bits per heavy atom. The standard InChI is InChI=1S/C14H21Br2N3/c1-11-2-5-19(6-3-11)7-4-17-10-14-13(16)8-12(15)9-18-14/h8-9,11,17H,2-7,10H2,1H3. The molecule has 1 aliphatic heterocycles. The monoisotopic (exact) mass is 389 g/mol. The molecule has 1 aromatic rings. The van der Waals surface area contributed by atoms with Crippen LogP contribution in [-0.4, -0.2) is 36.1 Å². The predicted octanol–water partition coefficient (Wildman–Crippen LogP) is 3.43. The molecule has 2 heterocycles. The molecule has 0 bridgehead atoms. The van der Waals surface area contributed by atoms with Gasteiger partial charge in [0.15, 0.2) is 0 Å². The Hall–Kier alpha value is 0.0300. The maximum Gasteiger partial charge on any atom is 0.0684 e. The van der Waals surface area contributed by atoms with Crippen LogP contribution in [0.5, 0.6) is 0 Å². The zero-order valence-corrected chi connectivity index (χ0v) is 14.5. The van der Waals surface area contributed by atoms with Gasteiger partial charge in [0.25, 0.3) is 0 Å². The molecule has 0 aliphatic carbocycles. The number of nitrogens with one attached hydrogen (secondary N) is 1. The summed E-state index contributed by atoms with van der Waals surface area (Å²) < 4.78 is 2.06. The summed E-state index contributed by atoms with van der Waals surface area (Å²) in [4.78, 5) is 6.95. The molecule has 5 heteroatoms. The SMILES string of the molecule is CC1CCN(CCNCc2ncc(Br)cc2Br)CC1. The number of hydrogen-bond acceptors (Lipinski definition) is 3. The smallest absolute Gasteiger partial charge is 0.0684 e. The molecule has 106 valence electrons. The second-order valence-corrected chi connectivity index (χ2v) is 7.05. The van der Waals surface area contributed by atoms with Crippen molar-refractivity contribution >= 4 is 31.9 Å². The van der Waals surface area contributed by atoms with Crippen LogP contribution >= 0.6 is 31.9 Å². The minimum Gasteiger partial charge on any atom is -0.310 e. The maximum absolute atomic E-state index is 4.40. The summed E-state index contributed by atoms with van der Waals surface area (Å²) >= 11 is 6.95. The summed E-state index contributed by atoms with van der Waals surface area (Å²) in [5.74, 6) is 0.909. The Bertz CT molecular complexity index is 404. The number of piperidine rings is 1. The number of hydrogen-bond donors (Lipinski definition) is 1. The van der Waals surface area contributed by atoms with Gasteiger partial charge < -0.3 is 10.2 Å². The number of pyridine rings is 1. The van der Waals surface area contributed by atoms with Gasteiger partial charge in [-0.05, 0) is 69.8 Å². The van der Waals surface area contributed by atoms with E-state index in [4.69, 9.17) is 0 Å². The van der Waals surface area contributed by atoms with Gasteiger partial charge in [0.2, 0.25) is 0 Å². The average molecular weight is 391 g/mol. The lowest BCUT2D eigenvalue weighted by Crippen LogP contribution is -2.37. The molecule has 0 spiro atoms. The molecule has 19 heavy (non-hydrogen) atoms. The molecular weight excluding hydrogens is 370 g/mol. The fourth-order valence-corrected chi connectivity index (χ4v) is 3.43. The van der Waals surface area contributed by atoms with Crippen molar-refractivity contribution in [1.29, 1.82) is 0 Å². The minimum absolute atomic E-state index is 0.818. The first-order valence-corrected chi connectivity index (χ1v) is 8.46. The number of likely N-dealkylation sites (tertiary alicyclic amines) is 1. The quantitative estimate of drug-likeness (QED) is 0.780. The normalized spacial score (nSPS) is 17.8. The van der Waals surface area contributed by atoms with E-state index in [1.807, 2.05) is 12.3 Å². The highest BCUT2D eigenvalue weighted by Gasteiger charge is 2.14. The molecule has 1 saturated heterocycles. The zero-order valence-electron chi connectivity index (χ0n) is 11.3. The van der Waals surface area contributed by atoms with Crippen LogP contribution in [0.15, 0.2) is 21.2 Å². The van der Waals surface area contributed by atoms with E-state index in [-0.39, 0.29) is 0 Å². The third-order valence-corrected chi connectivity index (χ3v) is 4.78. The molecule has 1 N–H and O–H groups in total. The number of halogens is 2. The molecule has 0 aromatic carbocycles. The van der Waals surface area contributed by atoms with Gasteiger partial charge in [-0.2, -0.15) is 0 Å². The van der Waals surface area contributed by atoms with Gasteiger partial charge in [-0.3, -0.25) is 4.98 Å². The van der Waals surface area contributed by atoms with Gasteiger partial charge >= 0.3 is 0 Å². The van der Waals surface area contributed by atoms with Gasteiger partial charge in [-0.1, -0.05) is 6.92 Å². The van der Waals surface area contributed by atoms with Crippen LogP contribution in [0.2, 0.25) is 0 Å². The van der Waals surface area contributed by atoms with Crippen molar-refractivity contribution in [2.45, 2.75) is 26.3 Å². The summed E-state index contributed by atoms with van der Waals surface area (Å²) in [6.45, 7) is 7.84. The first kappa shape index (κ1) is 15.4. The van der Waals surface area contributed by atoms with Crippen LogP contribution in [0.1, 0.15) is 25.5 Å². The van der Waals surface area contributed by atoms with E-state index in [1.165, 1.54) is 25.9 Å². The molecule has 0 amide bonds. The highest BCUT2D eigenvalue weighted by molar-refractivity contribution is 9.11. The Morgan fingerprint density at radius 2 is 2.11 bits per heavy atom. The largest absolute Gasteiger partial charge is 0.310 e. The molecule has 1 fully saturated rings. The van der Waals surface area contributed by atoms with Crippen LogP contribution in [0.3, 0.4) is 0 Å². The summed E-state index contributed by atoms with van der Waals surface area (Å²) in [5, 5.41) is 3.47. The molecule has 2 rings (SSSR count). The lowest BCUT2D eigenvalue weighted by atomic mass is 9.99. The van der Waals surface area contributed by atoms with Gasteiger partial charge in [-0.15, -0.1) is 0 Å². The first-order valence-electron chi connectivity index (χ1n) is 6.88. The Labute approximate surface area is 132 Å². The van der Waals surface area contributed by atoms with E-state index in [1.54, 1.807) is 0 Å². The van der Waals surface area contributed by atoms with E-state index in [9.17, 15) is 0 Å². The highest BCUT2D eigenvalue weighted by atomic mass is 79.9. The molecule has 1 aromatic heterocycles. The second kappa shape index (κ2) is 7.72. The van der Waals surface area contributed by atoms with Crippen LogP contribution < -0.4 is 5.32 Å². The van der Waals surface area contributed by atoms with Crippen molar-refractivity contribution in [1.82, 2.24) is 15.2 Å². The fourth-order valence-electron chi connectivity index (χ4n) is 2.30. The molecule has 0 radical (unpaired) electrons. The van der Waals surface area contributed by atoms with Gasteiger partial charge in [0.1, 0.15) is 0 Å². The highest BCUT2D eigenvalue weighted by Crippen LogP contribution is 2.19. The van der Waals surface area contributed by atoms with Crippen LogP contribution in [0, 0.1) is 5.92 Å². The Morgan fingerprint density at radius 1 is 1.37 bits per heavy atom. The molecule has 3 nitrogen and oxygen atoms in total. The van der Waals surface area contributed by atoms with E-state index in [0.717, 1.165) is 40.2 Å². The average Bonchev–Trinajstić information content (AvgIpc) is 2.39. The van der Waals surface area contributed by atoms with Crippen molar-refractivity contribution in [3.05, 3.63) is 26.9 Å². The van der Waals surface area contributed by atoms with Crippen LogP contribution in [0.4, 0.5) is 0 Å². The van der Waals surface area contributed by atoms with Crippen molar-refractivity contribution in [3.8, 4) is 0 Å². The third-order valence-electron chi connectivity index (χ3n) is 3.66. The van der Waals surface area contributed by atoms with E-state index >= 15 is 0 Å². The van der Waals surface area contributed by atoms with Crippen molar-refractivity contribution in [3.63, 3.8) is 0 Å². The van der Waals surface area contributed by atoms with E-state index in [0.29, 0.717) is 0 Å². The van der Waals surface area contributed by atoms with Gasteiger partial charge in [-0.25, -0.2) is 0 Å². The van der Waals surface area contributed by atoms with E-state index < -0.39 is 0 Å². The fraction of sp³-hybridized carbons (Fsp3) is 0.643. The second-order valence-electron chi connectivity index (χ2n) is 5.28. The summed E-state index contributed by atoms with van der Waals surface area (Å²) in [6, 6.07) is 2.04. The Balaban J connectivity index is 1.66. The van der Waals surface area contributed by atoms with Gasteiger partial charge in [0, 0.05) is 34.8 Å². The van der Waals surface area contributed by atoms with Crippen molar-refractivity contribution < 1.29 is 0 Å². The third kappa shape index (κ3) is 5.14. The molecule has 0 unspecified atom stereocenters. The molecule has 0 saturated carbocycles. The number of rotatable bonds is 5.